The first-order valence-electron chi connectivity index (χ1n) is 12.1. The summed E-state index contributed by atoms with van der Waals surface area (Å²) in [6.07, 6.45) is -0.432. The molecule has 5 rings (SSSR count). The first-order valence-corrected chi connectivity index (χ1v) is 14.0. The average molecular weight is 557 g/mol. The van der Waals surface area contributed by atoms with Crippen LogP contribution in [-0.4, -0.2) is 52.1 Å². The van der Waals surface area contributed by atoms with Crippen LogP contribution in [0, 0.1) is 6.92 Å². The highest BCUT2D eigenvalue weighted by Gasteiger charge is 2.34. The Hall–Kier alpha value is -3.15. The highest BCUT2D eigenvalue weighted by Crippen LogP contribution is 2.57. The second-order valence-electron chi connectivity index (χ2n) is 9.58. The van der Waals surface area contributed by atoms with Crippen LogP contribution in [0.25, 0.3) is 11.0 Å². The van der Waals surface area contributed by atoms with Crippen molar-refractivity contribution in [2.24, 2.45) is 7.05 Å². The first-order chi connectivity index (χ1) is 18.1. The van der Waals surface area contributed by atoms with Gasteiger partial charge >= 0.3 is 5.97 Å². The lowest BCUT2D eigenvalue weighted by Gasteiger charge is -2.41. The summed E-state index contributed by atoms with van der Waals surface area (Å²) < 4.78 is 31.8. The van der Waals surface area contributed by atoms with Crippen molar-refractivity contribution in [1.82, 2.24) is 19.3 Å². The van der Waals surface area contributed by atoms with E-state index in [0.29, 0.717) is 21.2 Å². The topological polar surface area (TPSA) is 121 Å². The predicted molar refractivity (Wildman–Crippen MR) is 147 cm³/mol. The third-order valence-corrected chi connectivity index (χ3v) is 9.24. The highest BCUT2D eigenvalue weighted by atomic mass is 35.5. The van der Waals surface area contributed by atoms with Crippen LogP contribution in [-0.2, 0) is 18.4 Å². The van der Waals surface area contributed by atoms with E-state index in [9.17, 15) is 19.0 Å². The number of hydrogen-bond donors (Lipinski definition) is 3. The molecular weight excluding hydrogens is 528 g/mol. The van der Waals surface area contributed by atoms with Crippen molar-refractivity contribution >= 4 is 39.4 Å². The summed E-state index contributed by atoms with van der Waals surface area (Å²) in [6, 6.07) is 16.1. The zero-order valence-corrected chi connectivity index (χ0v) is 22.8. The number of benzene rings is 3. The molecule has 2 unspecified atom stereocenters. The van der Waals surface area contributed by atoms with E-state index in [-0.39, 0.29) is 25.6 Å². The van der Waals surface area contributed by atoms with E-state index in [4.69, 9.17) is 16.3 Å². The molecule has 2 atom stereocenters. The lowest BCUT2D eigenvalue weighted by Crippen LogP contribution is -2.33. The van der Waals surface area contributed by atoms with E-state index in [1.807, 2.05) is 45.2 Å². The fraction of sp³-hybridized carbons (Fsp3) is 0.296. The number of aromatic nitrogens is 3. The summed E-state index contributed by atoms with van der Waals surface area (Å²) in [6.45, 7) is 4.19. The number of aryl methyl sites for hydroxylation is 2. The van der Waals surface area contributed by atoms with E-state index in [1.165, 1.54) is 0 Å². The molecule has 0 saturated heterocycles. The molecule has 38 heavy (non-hydrogen) atoms. The summed E-state index contributed by atoms with van der Waals surface area (Å²) >= 11 is 6.61. The largest absolute Gasteiger partial charge is 0.487 e. The lowest BCUT2D eigenvalue weighted by molar-refractivity contribution is -0.137. The summed E-state index contributed by atoms with van der Waals surface area (Å²) in [5.74, 6) is -0.962. The quantitative estimate of drug-likeness (QED) is 0.271. The molecule has 3 N–H and O–H groups in total. The Morgan fingerprint density at radius 1 is 1.21 bits per heavy atom. The van der Waals surface area contributed by atoms with Gasteiger partial charge in [0.05, 0.1) is 18.5 Å². The number of rotatable bonds is 6. The predicted octanol–water partition coefficient (Wildman–Crippen LogP) is 5.84. The Kier molecular flexibility index (Phi) is 7.10. The van der Waals surface area contributed by atoms with Crippen LogP contribution in [0.5, 0.6) is 5.75 Å². The molecule has 0 spiro atoms. The number of hydrogen-bond acceptors (Lipinski definition) is 7. The van der Waals surface area contributed by atoms with Crippen LogP contribution >= 0.6 is 22.4 Å². The number of carboxylic acids is 1. The van der Waals surface area contributed by atoms with Crippen LogP contribution < -0.4 is 4.74 Å². The minimum absolute atomic E-state index is 0.134. The van der Waals surface area contributed by atoms with Gasteiger partial charge in [-0.05, 0) is 60.4 Å². The van der Waals surface area contributed by atoms with Gasteiger partial charge in [0.15, 0.2) is 0 Å². The standard InChI is InChI=1S/C27H29ClN4O5S/c1-16-14-32(38(35,36)25-7-5-4-6-24(25)37-16)15-19-12-18(8-10-22(19)28)21(13-26(33)34)20-9-11-23-27(17(20)2)29-30-31(23)3/h4-12,16,21,35-36H,13-15H2,1-3H3,(H,33,34). The van der Waals surface area contributed by atoms with Crippen LogP contribution in [0.1, 0.15) is 41.5 Å². The highest BCUT2D eigenvalue weighted by molar-refractivity contribution is 8.22. The van der Waals surface area contributed by atoms with E-state index in [2.05, 4.69) is 10.3 Å². The Labute approximate surface area is 227 Å². The fourth-order valence-corrected chi connectivity index (χ4v) is 6.88. The second kappa shape index (κ2) is 10.2. The average Bonchev–Trinajstić information content (AvgIpc) is 3.21. The molecule has 1 aromatic heterocycles. The monoisotopic (exact) mass is 556 g/mol. The molecule has 1 aliphatic rings. The van der Waals surface area contributed by atoms with Gasteiger partial charge in [0.1, 0.15) is 22.3 Å². The van der Waals surface area contributed by atoms with Gasteiger partial charge in [0.2, 0.25) is 0 Å². The van der Waals surface area contributed by atoms with Gasteiger partial charge in [-0.2, -0.15) is 4.31 Å². The van der Waals surface area contributed by atoms with E-state index < -0.39 is 22.7 Å². The Bertz CT molecular complexity index is 1520. The molecule has 2 heterocycles. The number of fused-ring (bicyclic) bond motifs is 2. The lowest BCUT2D eigenvalue weighted by atomic mass is 9.85. The number of ether oxygens (including phenoxy) is 1. The van der Waals surface area contributed by atoms with Crippen LogP contribution in [0.2, 0.25) is 5.02 Å². The third-order valence-electron chi connectivity index (χ3n) is 6.95. The van der Waals surface area contributed by atoms with Gasteiger partial charge in [-0.15, -0.1) is 15.9 Å². The molecule has 200 valence electrons. The summed E-state index contributed by atoms with van der Waals surface area (Å²) in [5.41, 5.74) is 4.70. The van der Waals surface area contributed by atoms with Gasteiger partial charge < -0.3 is 9.84 Å². The third kappa shape index (κ3) is 4.85. The number of carbonyl (C=O) groups is 1. The number of aliphatic carboxylic acids is 1. The molecule has 0 fully saturated rings. The van der Waals surface area contributed by atoms with E-state index in [1.54, 1.807) is 39.3 Å². The smallest absolute Gasteiger partial charge is 0.304 e. The van der Waals surface area contributed by atoms with Crippen molar-refractivity contribution in [3.63, 3.8) is 0 Å². The Morgan fingerprint density at radius 2 is 1.97 bits per heavy atom. The number of nitrogens with zero attached hydrogens (tertiary/aromatic N) is 4. The van der Waals surface area contributed by atoms with Crippen molar-refractivity contribution in [3.8, 4) is 5.75 Å². The molecule has 9 nitrogen and oxygen atoms in total. The summed E-state index contributed by atoms with van der Waals surface area (Å²) in [4.78, 5) is 12.3. The zero-order chi connectivity index (χ0) is 27.2. The maximum absolute atomic E-state index is 11.9. The van der Waals surface area contributed by atoms with Crippen LogP contribution in [0.15, 0.2) is 59.5 Å². The van der Waals surface area contributed by atoms with Gasteiger partial charge in [-0.25, -0.2) is 4.68 Å². The molecule has 0 amide bonds. The Balaban J connectivity index is 1.54. The Morgan fingerprint density at radius 3 is 2.74 bits per heavy atom. The minimum Gasteiger partial charge on any atom is -0.487 e. The molecule has 4 aromatic rings. The van der Waals surface area contributed by atoms with Crippen LogP contribution in [0.3, 0.4) is 0 Å². The zero-order valence-electron chi connectivity index (χ0n) is 21.2. The van der Waals surface area contributed by atoms with Crippen molar-refractivity contribution in [2.75, 3.05) is 6.54 Å². The summed E-state index contributed by atoms with van der Waals surface area (Å²) in [5, 5.41) is 18.6. The SMILES string of the molecule is Cc1c(C(CC(=O)O)c2ccc(Cl)c(CN3CC(C)Oc4ccccc4S3(O)O)c2)ccc2c1nnn2C. The summed E-state index contributed by atoms with van der Waals surface area (Å²) in [7, 11) is -1.55. The number of halogens is 1. The normalized spacial score (nSPS) is 18.8. The van der Waals surface area contributed by atoms with E-state index >= 15 is 0 Å². The fourth-order valence-electron chi connectivity index (χ4n) is 5.04. The first kappa shape index (κ1) is 26.5. The molecule has 0 radical (unpaired) electrons. The van der Waals surface area contributed by atoms with Crippen molar-refractivity contribution < 1.29 is 23.7 Å². The van der Waals surface area contributed by atoms with Gasteiger partial charge in [0.25, 0.3) is 0 Å². The molecule has 0 bridgehead atoms. The molecular formula is C27H29ClN4O5S. The molecule has 0 aliphatic carbocycles. The van der Waals surface area contributed by atoms with Gasteiger partial charge in [-0.1, -0.05) is 47.1 Å². The molecule has 1 aliphatic heterocycles. The maximum Gasteiger partial charge on any atom is 0.304 e. The van der Waals surface area contributed by atoms with Crippen LogP contribution in [0.4, 0.5) is 0 Å². The molecule has 3 aromatic carbocycles. The number of carboxylic acid groups (broad SMARTS) is 1. The van der Waals surface area contributed by atoms with Gasteiger partial charge in [0, 0.05) is 24.5 Å². The van der Waals surface area contributed by atoms with Crippen molar-refractivity contribution in [1.29, 1.82) is 0 Å². The van der Waals surface area contributed by atoms with Crippen molar-refractivity contribution in [2.45, 2.75) is 43.7 Å². The van der Waals surface area contributed by atoms with Crippen molar-refractivity contribution in [3.05, 3.63) is 81.9 Å². The van der Waals surface area contributed by atoms with Gasteiger partial charge in [-0.3, -0.25) is 13.9 Å². The molecule has 0 saturated carbocycles. The van der Waals surface area contributed by atoms with E-state index in [0.717, 1.165) is 27.7 Å². The maximum atomic E-state index is 11.9. The molecule has 11 heteroatoms. The number of para-hydroxylation sites is 1. The second-order valence-corrected chi connectivity index (χ2v) is 12.0. The minimum atomic E-state index is -3.36.